The van der Waals surface area contributed by atoms with Crippen molar-refractivity contribution in [3.05, 3.63) is 28.2 Å². The van der Waals surface area contributed by atoms with E-state index in [4.69, 9.17) is 4.74 Å². The fraction of sp³-hybridized carbons (Fsp3) is 0.400. The van der Waals surface area contributed by atoms with Crippen molar-refractivity contribution >= 4 is 15.9 Å². The topological polar surface area (TPSA) is 21.3 Å². The summed E-state index contributed by atoms with van der Waals surface area (Å²) in [5.74, 6) is 0.957. The van der Waals surface area contributed by atoms with E-state index in [0.29, 0.717) is 6.61 Å². The number of halogens is 1. The molecule has 1 rings (SSSR count). The molecule has 0 aliphatic carbocycles. The Labute approximate surface area is 87.4 Å². The SMILES string of the molecule is CNCCOc1ccc(Br)cc1C. The Bertz CT molecular complexity index is 276. The van der Waals surface area contributed by atoms with Gasteiger partial charge in [-0.05, 0) is 37.7 Å². The molecule has 0 aliphatic heterocycles. The minimum absolute atomic E-state index is 0.707. The van der Waals surface area contributed by atoms with Gasteiger partial charge in [-0.15, -0.1) is 0 Å². The zero-order valence-corrected chi connectivity index (χ0v) is 9.52. The Morgan fingerprint density at radius 1 is 1.46 bits per heavy atom. The third kappa shape index (κ3) is 3.36. The molecule has 0 fully saturated rings. The molecule has 0 aromatic heterocycles. The lowest BCUT2D eigenvalue weighted by Crippen LogP contribution is -2.16. The molecule has 1 aromatic rings. The summed E-state index contributed by atoms with van der Waals surface area (Å²) in [5.41, 5.74) is 1.16. The molecular formula is C10H14BrNO. The largest absolute Gasteiger partial charge is 0.492 e. The van der Waals surface area contributed by atoms with Crippen LogP contribution in [0.15, 0.2) is 22.7 Å². The average molecular weight is 244 g/mol. The highest BCUT2D eigenvalue weighted by atomic mass is 79.9. The minimum Gasteiger partial charge on any atom is -0.492 e. The summed E-state index contributed by atoms with van der Waals surface area (Å²) in [5, 5.41) is 3.03. The monoisotopic (exact) mass is 243 g/mol. The molecule has 0 heterocycles. The highest BCUT2D eigenvalue weighted by Gasteiger charge is 1.98. The van der Waals surface area contributed by atoms with Crippen molar-refractivity contribution in [3.63, 3.8) is 0 Å². The van der Waals surface area contributed by atoms with Crippen LogP contribution in [0.2, 0.25) is 0 Å². The van der Waals surface area contributed by atoms with Gasteiger partial charge in [0.15, 0.2) is 0 Å². The van der Waals surface area contributed by atoms with E-state index in [-0.39, 0.29) is 0 Å². The summed E-state index contributed by atoms with van der Waals surface area (Å²) in [6, 6.07) is 6.02. The first-order chi connectivity index (χ1) is 6.24. The maximum Gasteiger partial charge on any atom is 0.122 e. The average Bonchev–Trinajstić information content (AvgIpc) is 2.09. The molecule has 0 unspecified atom stereocenters. The zero-order chi connectivity index (χ0) is 9.68. The molecule has 0 aliphatic rings. The first-order valence-electron chi connectivity index (χ1n) is 4.27. The Morgan fingerprint density at radius 3 is 2.85 bits per heavy atom. The Balaban J connectivity index is 2.56. The third-order valence-electron chi connectivity index (χ3n) is 1.75. The van der Waals surface area contributed by atoms with Gasteiger partial charge in [-0.3, -0.25) is 0 Å². The van der Waals surface area contributed by atoms with E-state index in [1.54, 1.807) is 0 Å². The van der Waals surface area contributed by atoms with Gasteiger partial charge >= 0.3 is 0 Å². The lowest BCUT2D eigenvalue weighted by atomic mass is 10.2. The van der Waals surface area contributed by atoms with E-state index in [0.717, 1.165) is 22.3 Å². The fourth-order valence-electron chi connectivity index (χ4n) is 1.04. The second-order valence-corrected chi connectivity index (χ2v) is 3.78. The number of likely N-dealkylation sites (N-methyl/N-ethyl adjacent to an activating group) is 1. The molecular weight excluding hydrogens is 230 g/mol. The first-order valence-corrected chi connectivity index (χ1v) is 5.07. The van der Waals surface area contributed by atoms with E-state index in [1.807, 2.05) is 26.1 Å². The van der Waals surface area contributed by atoms with E-state index < -0.39 is 0 Å². The number of aryl methyl sites for hydroxylation is 1. The van der Waals surface area contributed by atoms with Crippen LogP contribution in [0.3, 0.4) is 0 Å². The predicted molar refractivity (Wildman–Crippen MR) is 58.3 cm³/mol. The number of nitrogens with one attached hydrogen (secondary N) is 1. The molecule has 1 aromatic carbocycles. The normalized spacial score (nSPS) is 10.1. The Kier molecular flexibility index (Phi) is 4.25. The smallest absolute Gasteiger partial charge is 0.122 e. The summed E-state index contributed by atoms with van der Waals surface area (Å²) in [7, 11) is 1.91. The van der Waals surface area contributed by atoms with E-state index in [2.05, 4.69) is 27.3 Å². The van der Waals surface area contributed by atoms with Crippen LogP contribution in [0.1, 0.15) is 5.56 Å². The molecule has 13 heavy (non-hydrogen) atoms. The highest BCUT2D eigenvalue weighted by molar-refractivity contribution is 9.10. The fourth-order valence-corrected chi connectivity index (χ4v) is 1.51. The van der Waals surface area contributed by atoms with Crippen molar-refractivity contribution < 1.29 is 4.74 Å². The number of ether oxygens (including phenoxy) is 1. The summed E-state index contributed by atoms with van der Waals surface area (Å²) in [4.78, 5) is 0. The van der Waals surface area contributed by atoms with Crippen LogP contribution in [0, 0.1) is 6.92 Å². The number of hydrogen-bond acceptors (Lipinski definition) is 2. The molecule has 1 N–H and O–H groups in total. The van der Waals surface area contributed by atoms with E-state index in [9.17, 15) is 0 Å². The van der Waals surface area contributed by atoms with Crippen LogP contribution < -0.4 is 10.1 Å². The second-order valence-electron chi connectivity index (χ2n) is 2.86. The lowest BCUT2D eigenvalue weighted by Gasteiger charge is -2.08. The van der Waals surface area contributed by atoms with Gasteiger partial charge in [-0.25, -0.2) is 0 Å². The van der Waals surface area contributed by atoms with Crippen LogP contribution in [0.4, 0.5) is 0 Å². The quantitative estimate of drug-likeness (QED) is 0.821. The minimum atomic E-state index is 0.707. The summed E-state index contributed by atoms with van der Waals surface area (Å²) >= 11 is 3.41. The maximum atomic E-state index is 5.55. The predicted octanol–water partition coefficient (Wildman–Crippen LogP) is 2.36. The number of benzene rings is 1. The van der Waals surface area contributed by atoms with Crippen LogP contribution >= 0.6 is 15.9 Å². The van der Waals surface area contributed by atoms with Crippen molar-refractivity contribution in [1.82, 2.24) is 5.32 Å². The van der Waals surface area contributed by atoms with Gasteiger partial charge in [0.2, 0.25) is 0 Å². The van der Waals surface area contributed by atoms with Crippen LogP contribution in [-0.4, -0.2) is 20.2 Å². The number of hydrogen-bond donors (Lipinski definition) is 1. The van der Waals surface area contributed by atoms with Crippen molar-refractivity contribution in [2.75, 3.05) is 20.2 Å². The third-order valence-corrected chi connectivity index (χ3v) is 2.24. The molecule has 0 radical (unpaired) electrons. The molecule has 0 atom stereocenters. The van der Waals surface area contributed by atoms with Gasteiger partial charge in [0, 0.05) is 11.0 Å². The van der Waals surface area contributed by atoms with Crippen molar-refractivity contribution in [2.24, 2.45) is 0 Å². The first kappa shape index (κ1) is 10.5. The van der Waals surface area contributed by atoms with Crippen molar-refractivity contribution in [2.45, 2.75) is 6.92 Å². The van der Waals surface area contributed by atoms with Crippen LogP contribution in [0.5, 0.6) is 5.75 Å². The molecule has 2 nitrogen and oxygen atoms in total. The molecule has 3 heteroatoms. The Morgan fingerprint density at radius 2 is 2.23 bits per heavy atom. The molecule has 0 saturated carbocycles. The van der Waals surface area contributed by atoms with Gasteiger partial charge in [0.25, 0.3) is 0 Å². The van der Waals surface area contributed by atoms with Gasteiger partial charge in [-0.2, -0.15) is 0 Å². The summed E-state index contributed by atoms with van der Waals surface area (Å²) in [6.45, 7) is 3.62. The van der Waals surface area contributed by atoms with E-state index in [1.165, 1.54) is 0 Å². The van der Waals surface area contributed by atoms with Crippen LogP contribution in [0.25, 0.3) is 0 Å². The highest BCUT2D eigenvalue weighted by Crippen LogP contribution is 2.21. The molecule has 0 saturated heterocycles. The van der Waals surface area contributed by atoms with Gasteiger partial charge in [-0.1, -0.05) is 15.9 Å². The maximum absolute atomic E-state index is 5.55. The summed E-state index contributed by atoms with van der Waals surface area (Å²) in [6.07, 6.45) is 0. The van der Waals surface area contributed by atoms with Crippen molar-refractivity contribution in [1.29, 1.82) is 0 Å². The van der Waals surface area contributed by atoms with Crippen LogP contribution in [-0.2, 0) is 0 Å². The second kappa shape index (κ2) is 5.25. The molecule has 0 amide bonds. The molecule has 0 bridgehead atoms. The number of rotatable bonds is 4. The standard InChI is InChI=1S/C10H14BrNO/c1-8-7-9(11)3-4-10(8)13-6-5-12-2/h3-4,7,12H,5-6H2,1-2H3. The van der Waals surface area contributed by atoms with Gasteiger partial charge < -0.3 is 10.1 Å². The molecule has 0 spiro atoms. The Hall–Kier alpha value is -0.540. The summed E-state index contributed by atoms with van der Waals surface area (Å²) < 4.78 is 6.64. The lowest BCUT2D eigenvalue weighted by molar-refractivity contribution is 0.316. The van der Waals surface area contributed by atoms with Gasteiger partial charge in [0.05, 0.1) is 0 Å². The van der Waals surface area contributed by atoms with Gasteiger partial charge in [0.1, 0.15) is 12.4 Å². The van der Waals surface area contributed by atoms with E-state index >= 15 is 0 Å². The van der Waals surface area contributed by atoms with Crippen molar-refractivity contribution in [3.8, 4) is 5.75 Å². The zero-order valence-electron chi connectivity index (χ0n) is 7.93. The molecule has 72 valence electrons.